The number of aromatic nitrogens is 14. The maximum absolute atomic E-state index is 4.91. The minimum Gasteiger partial charge on any atom is -0.651 e. The summed E-state index contributed by atoms with van der Waals surface area (Å²) in [5.74, 6) is 2.05. The molecule has 6 aromatic carbocycles. The van der Waals surface area contributed by atoms with E-state index in [-0.39, 0.29) is 80.4 Å². The van der Waals surface area contributed by atoms with Gasteiger partial charge in [0.15, 0.2) is 17.6 Å². The van der Waals surface area contributed by atoms with Crippen molar-refractivity contribution in [2.24, 2.45) is 9.98 Å². The van der Waals surface area contributed by atoms with Crippen LogP contribution in [-0.2, 0) is 80.4 Å². The SMILES string of the molecule is C(=C1[N-]C(c2ccccc2)=C(c2ccccc2)S1)c1ncc(-c2ccncc2)cn1.C(=C1[N-]c2ccccc2S1)c1ncc(-c2ccncc2)cn1.[Ir].[Ir].[Ir].[Ir].c1ccc2nc(N=c3[n-]c4ccccc4s3)nnc2c1.c1ccc2sc(=Nc3ncc(-c4ccncc4)cn3)[n-]c2c1. The van der Waals surface area contributed by atoms with Gasteiger partial charge in [-0.1, -0.05) is 137 Å². The Bertz CT molecular complexity index is 5180. The number of nitrogens with zero attached hydrogens (tertiary/aromatic N) is 18. The van der Waals surface area contributed by atoms with E-state index in [1.54, 1.807) is 73.1 Å². The molecule has 4 radical (unpaired) electrons. The third kappa shape index (κ3) is 18.5. The fourth-order valence-corrected chi connectivity index (χ4v) is 12.9. The summed E-state index contributed by atoms with van der Waals surface area (Å²) in [5, 5.41) is 19.4. The summed E-state index contributed by atoms with van der Waals surface area (Å²) in [6.45, 7) is 0. The Morgan fingerprint density at radius 1 is 0.347 bits per heavy atom. The van der Waals surface area contributed by atoms with Gasteiger partial charge >= 0.3 is 0 Å². The molecule has 0 saturated heterocycles. The van der Waals surface area contributed by atoms with Crippen LogP contribution >= 0.6 is 46.2 Å². The predicted octanol–water partition coefficient (Wildman–Crippen LogP) is 16.5. The summed E-state index contributed by atoms with van der Waals surface area (Å²) >= 11 is 6.32. The standard InChI is InChI=1S/C25H17N4S.C17H11N4S.C16H10N5S.C14H8N5S.4Ir/c1-3-7-19(8-4-1)24-25(20-9-5-2-6-10-20)30-23(29-24)15-22-27-16-21(17-28-22)18-11-13-26-14-12-18;1-2-4-15-14(3-1)21-17(22-15)9-16-19-10-13(11-20-16)12-5-7-18-8-6-12;1-2-4-14-13(3-1)20-16(22-14)21-15-18-9-12(10-19-15)11-5-7-17-8-6-11;1-2-6-10-9(5-1)15-13(19-18-10)17-14-16-11-7-3-4-8-12(11)20-14;;;;/h1-17H;1-11H;1-10H;1-8H;;;;/q4*-1;;;;. The number of hydrogen-bond donors (Lipinski definition) is 0. The molecule has 0 atom stereocenters. The van der Waals surface area contributed by atoms with E-state index < -0.39 is 0 Å². The summed E-state index contributed by atoms with van der Waals surface area (Å²) in [6.07, 6.45) is 25.2. The molecule has 11 heterocycles. The summed E-state index contributed by atoms with van der Waals surface area (Å²) < 4.78 is 2.20. The number of para-hydroxylation sites is 4. The number of thioether (sulfide) groups is 2. The largest absolute Gasteiger partial charge is 0.651 e. The molecule has 0 aliphatic carbocycles. The van der Waals surface area contributed by atoms with Crippen LogP contribution in [0.25, 0.3) is 98.2 Å². The van der Waals surface area contributed by atoms with Crippen molar-refractivity contribution in [3.63, 3.8) is 0 Å². The second kappa shape index (κ2) is 35.3. The predicted molar refractivity (Wildman–Crippen MR) is 376 cm³/mol. The van der Waals surface area contributed by atoms with Gasteiger partial charge in [-0.15, -0.1) is 67.8 Å². The van der Waals surface area contributed by atoms with Gasteiger partial charge in [-0.3, -0.25) is 15.0 Å². The molecule has 0 amide bonds. The molecule has 2 aliphatic rings. The van der Waals surface area contributed by atoms with E-state index >= 15 is 0 Å². The normalized spacial score (nSPS) is 13.0. The van der Waals surface area contributed by atoms with Crippen molar-refractivity contribution in [1.82, 2.24) is 70.0 Å². The average Bonchev–Trinajstić information content (AvgIpc) is 1.65. The molecule has 0 fully saturated rings. The third-order valence-electron chi connectivity index (χ3n) is 13.9. The molecular weight excluding hydrogens is 2010 g/mol. The minimum absolute atomic E-state index is 0. The first kappa shape index (κ1) is 71.5. The Morgan fingerprint density at radius 3 is 1.29 bits per heavy atom. The minimum atomic E-state index is 0. The van der Waals surface area contributed by atoms with Crippen LogP contribution in [-0.4, -0.2) is 60.0 Å². The number of benzene rings is 6. The van der Waals surface area contributed by atoms with Crippen molar-refractivity contribution < 1.29 is 80.4 Å². The van der Waals surface area contributed by atoms with E-state index in [9.17, 15) is 0 Å². The molecule has 18 nitrogen and oxygen atoms in total. The quantitative estimate of drug-likeness (QED) is 0.131. The van der Waals surface area contributed by atoms with Gasteiger partial charge < -0.3 is 30.6 Å². The van der Waals surface area contributed by atoms with Crippen molar-refractivity contribution >= 4 is 118 Å². The molecule has 0 unspecified atom stereocenters. The third-order valence-corrected chi connectivity index (χ3v) is 17.8. The Hall–Kier alpha value is -9.22. The van der Waals surface area contributed by atoms with Gasteiger partial charge in [-0.05, 0) is 123 Å². The van der Waals surface area contributed by atoms with Gasteiger partial charge in [0.1, 0.15) is 11.5 Å². The number of pyridine rings is 3. The molecule has 26 heteroatoms. The van der Waals surface area contributed by atoms with E-state index in [1.807, 2.05) is 201 Å². The van der Waals surface area contributed by atoms with E-state index in [0.29, 0.717) is 33.1 Å². The number of thiazole rings is 2. The fraction of sp³-hybridized carbons (Fsp3) is 0. The molecule has 488 valence electrons. The Labute approximate surface area is 632 Å². The van der Waals surface area contributed by atoms with Crippen LogP contribution in [0, 0.1) is 0 Å². The molecule has 17 rings (SSSR count). The molecule has 15 aromatic rings. The van der Waals surface area contributed by atoms with Gasteiger partial charge in [-0.25, -0.2) is 34.9 Å². The summed E-state index contributed by atoms with van der Waals surface area (Å²) in [7, 11) is 0. The van der Waals surface area contributed by atoms with Crippen molar-refractivity contribution in [1.29, 1.82) is 0 Å². The van der Waals surface area contributed by atoms with E-state index in [2.05, 4.69) is 116 Å². The Kier molecular flexibility index (Phi) is 25.8. The summed E-state index contributed by atoms with van der Waals surface area (Å²) in [5.41, 5.74) is 13.7. The first-order chi connectivity index (χ1) is 46.5. The van der Waals surface area contributed by atoms with Gasteiger partial charge in [0.25, 0.3) is 0 Å². The monoisotopic (exact) mass is 2060 g/mol. The first-order valence-electron chi connectivity index (χ1n) is 29.1. The molecule has 2 aliphatic heterocycles. The van der Waals surface area contributed by atoms with Crippen LogP contribution < -0.4 is 19.6 Å². The topological polar surface area (TPSA) is 236 Å². The van der Waals surface area contributed by atoms with Crippen LogP contribution in [0.5, 0.6) is 0 Å². The van der Waals surface area contributed by atoms with Crippen molar-refractivity contribution in [2.45, 2.75) is 4.90 Å². The van der Waals surface area contributed by atoms with Crippen LogP contribution in [0.15, 0.2) is 293 Å². The van der Waals surface area contributed by atoms with Gasteiger partial charge in [0.05, 0.1) is 5.52 Å². The van der Waals surface area contributed by atoms with E-state index in [0.717, 1.165) is 102 Å². The van der Waals surface area contributed by atoms with E-state index in [1.165, 1.54) is 27.6 Å². The van der Waals surface area contributed by atoms with Crippen molar-refractivity contribution in [3.05, 3.63) is 322 Å². The van der Waals surface area contributed by atoms with Crippen LogP contribution in [0.1, 0.15) is 22.8 Å². The van der Waals surface area contributed by atoms with Crippen molar-refractivity contribution in [3.8, 4) is 33.4 Å². The maximum atomic E-state index is 4.91. The smallest absolute Gasteiger partial charge is 0.167 e. The Balaban J connectivity index is 0.000000141. The first-order valence-corrected chi connectivity index (χ1v) is 32.4. The average molecular weight is 2060 g/mol. The molecule has 0 N–H and O–H groups in total. The second-order valence-electron chi connectivity index (χ2n) is 20.2. The summed E-state index contributed by atoms with van der Waals surface area (Å²) in [4.78, 5) is 64.1. The number of rotatable bonds is 9. The number of fused-ring (bicyclic) bond motifs is 4. The zero-order valence-electron chi connectivity index (χ0n) is 50.6. The van der Waals surface area contributed by atoms with Gasteiger partial charge in [0.2, 0.25) is 0 Å². The second-order valence-corrected chi connectivity index (χ2v) is 24.3. The molecule has 9 aromatic heterocycles. The fourth-order valence-electron chi connectivity index (χ4n) is 9.34. The zero-order chi connectivity index (χ0) is 63.1. The van der Waals surface area contributed by atoms with Crippen molar-refractivity contribution in [2.75, 3.05) is 0 Å². The zero-order valence-corrected chi connectivity index (χ0v) is 63.4. The molecule has 98 heavy (non-hydrogen) atoms. The van der Waals surface area contributed by atoms with Crippen LogP contribution in [0.4, 0.5) is 17.6 Å². The summed E-state index contributed by atoms with van der Waals surface area (Å²) in [6, 6.07) is 63.8. The van der Waals surface area contributed by atoms with E-state index in [4.69, 9.17) is 5.32 Å². The maximum Gasteiger partial charge on any atom is 0.167 e. The molecular formula is C72H46Ir4N18S4-4. The molecule has 0 saturated carbocycles. The molecule has 0 bridgehead atoms. The Morgan fingerprint density at radius 2 is 0.776 bits per heavy atom. The van der Waals surface area contributed by atoms with Crippen LogP contribution in [0.2, 0.25) is 0 Å². The van der Waals surface area contributed by atoms with Gasteiger partial charge in [0, 0.05) is 195 Å². The molecule has 0 spiro atoms. The number of hydrogen-bond acceptors (Lipinski definition) is 18. The van der Waals surface area contributed by atoms with Gasteiger partial charge in [-0.2, -0.15) is 0 Å². The van der Waals surface area contributed by atoms with Crippen LogP contribution in [0.3, 0.4) is 0 Å².